The largest absolute Gasteiger partial charge is 0.341 e. The molecule has 1 heterocycles. The summed E-state index contributed by atoms with van der Waals surface area (Å²) in [5, 5.41) is 5.71. The Kier molecular flexibility index (Phi) is 3.55. The van der Waals surface area contributed by atoms with Crippen molar-refractivity contribution < 1.29 is 0 Å². The van der Waals surface area contributed by atoms with Crippen LogP contribution in [0.15, 0.2) is 24.3 Å². The standard InChI is InChI=1S/C16H21ClN2/c1-11(2)19-15(10-18-14-4-3-5-14)9-12-8-13(17)6-7-16(12)19/h6-9,11,14,18H,3-5,10H2,1-2H3. The molecule has 0 amide bonds. The summed E-state index contributed by atoms with van der Waals surface area (Å²) in [6.45, 7) is 5.43. The second kappa shape index (κ2) is 5.18. The number of fused-ring (bicyclic) bond motifs is 1. The molecule has 0 unspecified atom stereocenters. The van der Waals surface area contributed by atoms with Crippen molar-refractivity contribution in [1.29, 1.82) is 0 Å². The number of halogens is 1. The van der Waals surface area contributed by atoms with E-state index in [1.54, 1.807) is 0 Å². The van der Waals surface area contributed by atoms with E-state index in [0.717, 1.165) is 17.6 Å². The number of hydrogen-bond acceptors (Lipinski definition) is 1. The van der Waals surface area contributed by atoms with E-state index in [2.05, 4.69) is 41.9 Å². The third kappa shape index (κ3) is 2.52. The predicted molar refractivity (Wildman–Crippen MR) is 81.8 cm³/mol. The maximum absolute atomic E-state index is 6.09. The molecule has 3 heteroatoms. The van der Waals surface area contributed by atoms with Crippen molar-refractivity contribution in [3.8, 4) is 0 Å². The number of aromatic nitrogens is 1. The van der Waals surface area contributed by atoms with E-state index in [1.807, 2.05) is 6.07 Å². The van der Waals surface area contributed by atoms with Gasteiger partial charge in [0.1, 0.15) is 0 Å². The minimum Gasteiger partial charge on any atom is -0.341 e. The van der Waals surface area contributed by atoms with Gasteiger partial charge in [-0.25, -0.2) is 0 Å². The number of nitrogens with zero attached hydrogens (tertiary/aromatic N) is 1. The number of rotatable bonds is 4. The number of nitrogens with one attached hydrogen (secondary N) is 1. The van der Waals surface area contributed by atoms with Gasteiger partial charge in [-0.15, -0.1) is 0 Å². The summed E-state index contributed by atoms with van der Waals surface area (Å²) in [5.74, 6) is 0. The van der Waals surface area contributed by atoms with Crippen molar-refractivity contribution in [2.75, 3.05) is 0 Å². The summed E-state index contributed by atoms with van der Waals surface area (Å²) >= 11 is 6.09. The Labute approximate surface area is 119 Å². The Morgan fingerprint density at radius 1 is 1.32 bits per heavy atom. The predicted octanol–water partition coefficient (Wildman–Crippen LogP) is 4.52. The van der Waals surface area contributed by atoms with Crippen LogP contribution in [-0.2, 0) is 6.54 Å². The van der Waals surface area contributed by atoms with Crippen molar-refractivity contribution >= 4 is 22.5 Å². The SMILES string of the molecule is CC(C)n1c(CNC2CCC2)cc2cc(Cl)ccc21. The van der Waals surface area contributed by atoms with Gasteiger partial charge in [0, 0.05) is 40.2 Å². The molecule has 0 atom stereocenters. The zero-order chi connectivity index (χ0) is 13.4. The van der Waals surface area contributed by atoms with Crippen LogP contribution in [0.2, 0.25) is 5.02 Å². The quantitative estimate of drug-likeness (QED) is 0.869. The fourth-order valence-corrected chi connectivity index (χ4v) is 3.05. The van der Waals surface area contributed by atoms with Crippen molar-refractivity contribution in [1.82, 2.24) is 9.88 Å². The van der Waals surface area contributed by atoms with E-state index in [0.29, 0.717) is 6.04 Å². The molecule has 1 aliphatic carbocycles. The summed E-state index contributed by atoms with van der Waals surface area (Å²) in [7, 11) is 0. The molecular weight excluding hydrogens is 256 g/mol. The van der Waals surface area contributed by atoms with Gasteiger partial charge in [-0.2, -0.15) is 0 Å². The first-order chi connectivity index (χ1) is 9.15. The lowest BCUT2D eigenvalue weighted by Gasteiger charge is -2.27. The molecule has 1 aliphatic rings. The van der Waals surface area contributed by atoms with E-state index < -0.39 is 0 Å². The van der Waals surface area contributed by atoms with Crippen LogP contribution in [-0.4, -0.2) is 10.6 Å². The monoisotopic (exact) mass is 276 g/mol. The Morgan fingerprint density at radius 2 is 2.11 bits per heavy atom. The second-order valence-electron chi connectivity index (χ2n) is 5.81. The lowest BCUT2D eigenvalue weighted by Crippen LogP contribution is -2.35. The smallest absolute Gasteiger partial charge is 0.0486 e. The van der Waals surface area contributed by atoms with Crippen LogP contribution in [0.3, 0.4) is 0 Å². The van der Waals surface area contributed by atoms with Gasteiger partial charge >= 0.3 is 0 Å². The minimum absolute atomic E-state index is 0.469. The maximum atomic E-state index is 6.09. The van der Waals surface area contributed by atoms with Crippen LogP contribution in [0.5, 0.6) is 0 Å². The van der Waals surface area contributed by atoms with Crippen LogP contribution in [0.25, 0.3) is 10.9 Å². The van der Waals surface area contributed by atoms with Gasteiger partial charge in [0.15, 0.2) is 0 Å². The Balaban J connectivity index is 1.94. The van der Waals surface area contributed by atoms with E-state index >= 15 is 0 Å². The second-order valence-corrected chi connectivity index (χ2v) is 6.25. The van der Waals surface area contributed by atoms with Crippen molar-refractivity contribution in [3.05, 3.63) is 35.0 Å². The third-order valence-corrected chi connectivity index (χ3v) is 4.31. The Morgan fingerprint density at radius 3 is 2.74 bits per heavy atom. The van der Waals surface area contributed by atoms with E-state index in [9.17, 15) is 0 Å². The number of hydrogen-bond donors (Lipinski definition) is 1. The zero-order valence-electron chi connectivity index (χ0n) is 11.6. The van der Waals surface area contributed by atoms with Crippen LogP contribution in [0.4, 0.5) is 0 Å². The molecule has 2 aromatic rings. The molecule has 102 valence electrons. The van der Waals surface area contributed by atoms with Crippen LogP contribution in [0, 0.1) is 0 Å². The average Bonchev–Trinajstić information content (AvgIpc) is 2.64. The fourth-order valence-electron chi connectivity index (χ4n) is 2.87. The Bertz CT molecular complexity index is 582. The first-order valence-corrected chi connectivity index (χ1v) is 7.55. The molecule has 1 aromatic carbocycles. The molecule has 1 aromatic heterocycles. The molecule has 0 radical (unpaired) electrons. The maximum Gasteiger partial charge on any atom is 0.0486 e. The highest BCUT2D eigenvalue weighted by Gasteiger charge is 2.18. The summed E-state index contributed by atoms with van der Waals surface area (Å²) in [5.41, 5.74) is 2.64. The Hall–Kier alpha value is -0.990. The molecule has 1 N–H and O–H groups in total. The first kappa shape index (κ1) is 13.0. The highest BCUT2D eigenvalue weighted by molar-refractivity contribution is 6.31. The van der Waals surface area contributed by atoms with Gasteiger partial charge in [0.05, 0.1) is 0 Å². The molecule has 0 bridgehead atoms. The van der Waals surface area contributed by atoms with Crippen LogP contribution >= 0.6 is 11.6 Å². The molecular formula is C16H21ClN2. The lowest BCUT2D eigenvalue weighted by molar-refractivity contribution is 0.334. The van der Waals surface area contributed by atoms with E-state index in [4.69, 9.17) is 11.6 Å². The third-order valence-electron chi connectivity index (χ3n) is 4.07. The van der Waals surface area contributed by atoms with Crippen molar-refractivity contribution in [2.24, 2.45) is 0 Å². The van der Waals surface area contributed by atoms with Crippen LogP contribution in [0.1, 0.15) is 44.8 Å². The summed E-state index contributed by atoms with van der Waals surface area (Å²) in [6.07, 6.45) is 4.03. The van der Waals surface area contributed by atoms with E-state index in [1.165, 1.54) is 35.9 Å². The van der Waals surface area contributed by atoms with Gasteiger partial charge in [-0.1, -0.05) is 18.0 Å². The average molecular weight is 277 g/mol. The minimum atomic E-state index is 0.469. The highest BCUT2D eigenvalue weighted by Crippen LogP contribution is 2.27. The summed E-state index contributed by atoms with van der Waals surface area (Å²) < 4.78 is 2.41. The van der Waals surface area contributed by atoms with Gasteiger partial charge in [-0.05, 0) is 51.0 Å². The van der Waals surface area contributed by atoms with Crippen molar-refractivity contribution in [2.45, 2.75) is 51.7 Å². The summed E-state index contributed by atoms with van der Waals surface area (Å²) in [6, 6.07) is 9.63. The molecule has 1 fully saturated rings. The lowest BCUT2D eigenvalue weighted by atomic mass is 9.93. The van der Waals surface area contributed by atoms with Gasteiger partial charge in [-0.3, -0.25) is 0 Å². The highest BCUT2D eigenvalue weighted by atomic mass is 35.5. The summed E-state index contributed by atoms with van der Waals surface area (Å²) in [4.78, 5) is 0. The molecule has 19 heavy (non-hydrogen) atoms. The van der Waals surface area contributed by atoms with Gasteiger partial charge < -0.3 is 9.88 Å². The van der Waals surface area contributed by atoms with Crippen molar-refractivity contribution in [3.63, 3.8) is 0 Å². The first-order valence-electron chi connectivity index (χ1n) is 7.18. The molecule has 3 rings (SSSR count). The number of benzene rings is 1. The van der Waals surface area contributed by atoms with E-state index in [-0.39, 0.29) is 0 Å². The topological polar surface area (TPSA) is 17.0 Å². The molecule has 2 nitrogen and oxygen atoms in total. The zero-order valence-corrected chi connectivity index (χ0v) is 12.4. The normalized spacial score (nSPS) is 16.2. The molecule has 1 saturated carbocycles. The van der Waals surface area contributed by atoms with Gasteiger partial charge in [0.25, 0.3) is 0 Å². The molecule has 0 spiro atoms. The molecule has 0 aliphatic heterocycles. The fraction of sp³-hybridized carbons (Fsp3) is 0.500. The van der Waals surface area contributed by atoms with Gasteiger partial charge in [0.2, 0.25) is 0 Å². The van der Waals surface area contributed by atoms with Crippen LogP contribution < -0.4 is 5.32 Å². The molecule has 0 saturated heterocycles.